The number of hydrogen-bond donors (Lipinski definition) is 3. The van der Waals surface area contributed by atoms with E-state index < -0.39 is 0 Å². The van der Waals surface area contributed by atoms with Gasteiger partial charge >= 0.3 is 0 Å². The van der Waals surface area contributed by atoms with Crippen LogP contribution in [0.25, 0.3) is 16.8 Å². The summed E-state index contributed by atoms with van der Waals surface area (Å²) in [5, 5.41) is 11.9. The number of imidazole rings is 1. The quantitative estimate of drug-likeness (QED) is 0.323. The summed E-state index contributed by atoms with van der Waals surface area (Å²) < 4.78 is 1.89. The lowest BCUT2D eigenvalue weighted by molar-refractivity contribution is -0.127. The largest absolute Gasteiger partial charge is 0.392 e. The molecule has 0 radical (unpaired) electrons. The molecular weight excluding hydrogens is 482 g/mol. The number of carbonyl (C=O) groups excluding carboxylic acids is 2. The zero-order chi connectivity index (χ0) is 26.6. The van der Waals surface area contributed by atoms with E-state index in [0.717, 1.165) is 30.4 Å². The van der Waals surface area contributed by atoms with Crippen LogP contribution in [0.5, 0.6) is 0 Å². The second-order valence-electron chi connectivity index (χ2n) is 9.06. The number of rotatable bonds is 7. The molecule has 4 N–H and O–H groups in total. The maximum atomic E-state index is 12.8. The Hall–Kier alpha value is -4.57. The molecule has 1 aliphatic heterocycles. The molecule has 0 bridgehead atoms. The molecule has 1 aromatic carbocycles. The number of nitrogens with zero attached hydrogens (tertiary/aromatic N) is 5. The molecule has 1 saturated heterocycles. The van der Waals surface area contributed by atoms with E-state index >= 15 is 0 Å². The first-order valence-corrected chi connectivity index (χ1v) is 12.6. The molecule has 5 rings (SSSR count). The highest BCUT2D eigenvalue weighted by atomic mass is 16.2. The van der Waals surface area contributed by atoms with Gasteiger partial charge in [-0.25, -0.2) is 15.0 Å². The van der Waals surface area contributed by atoms with Crippen molar-refractivity contribution in [1.82, 2.24) is 24.3 Å². The molecular formula is C28H29N7O3. The molecule has 0 aliphatic carbocycles. The van der Waals surface area contributed by atoms with Crippen molar-refractivity contribution in [1.29, 1.82) is 0 Å². The minimum atomic E-state index is -0.259. The van der Waals surface area contributed by atoms with E-state index in [1.165, 1.54) is 12.2 Å². The van der Waals surface area contributed by atoms with Crippen molar-refractivity contribution in [3.8, 4) is 11.3 Å². The molecule has 194 valence electrons. The Morgan fingerprint density at radius 2 is 2.00 bits per heavy atom. The molecule has 38 heavy (non-hydrogen) atoms. The maximum absolute atomic E-state index is 12.8. The van der Waals surface area contributed by atoms with Crippen molar-refractivity contribution in [2.45, 2.75) is 32.2 Å². The lowest BCUT2D eigenvalue weighted by Crippen LogP contribution is -2.30. The smallest absolute Gasteiger partial charge is 0.256 e. The number of fused-ring (bicyclic) bond motifs is 1. The molecule has 0 spiro atoms. The number of aryl methyl sites for hydroxylation is 1. The minimum Gasteiger partial charge on any atom is -0.392 e. The summed E-state index contributed by atoms with van der Waals surface area (Å²) in [7, 11) is 0. The van der Waals surface area contributed by atoms with Gasteiger partial charge < -0.3 is 21.1 Å². The number of anilines is 2. The highest BCUT2D eigenvalue weighted by molar-refractivity contribution is 6.04. The van der Waals surface area contributed by atoms with Crippen LogP contribution in [-0.2, 0) is 11.2 Å². The van der Waals surface area contributed by atoms with E-state index in [2.05, 4.69) is 15.3 Å². The normalized spacial score (nSPS) is 15.4. The van der Waals surface area contributed by atoms with Gasteiger partial charge in [0.1, 0.15) is 28.7 Å². The van der Waals surface area contributed by atoms with Gasteiger partial charge in [0, 0.05) is 42.3 Å². The number of aromatic nitrogens is 4. The van der Waals surface area contributed by atoms with Crippen LogP contribution >= 0.6 is 0 Å². The lowest BCUT2D eigenvalue weighted by Gasteiger charge is -2.22. The third-order valence-corrected chi connectivity index (χ3v) is 6.70. The summed E-state index contributed by atoms with van der Waals surface area (Å²) in [4.78, 5) is 40.8. The van der Waals surface area contributed by atoms with Crippen LogP contribution < -0.4 is 11.1 Å². The Balaban J connectivity index is 1.46. The van der Waals surface area contributed by atoms with Crippen LogP contribution in [-0.4, -0.2) is 54.3 Å². The molecule has 10 heteroatoms. The predicted octanol–water partition coefficient (Wildman–Crippen LogP) is 3.40. The van der Waals surface area contributed by atoms with Gasteiger partial charge in [-0.15, -0.1) is 0 Å². The van der Waals surface area contributed by atoms with E-state index in [-0.39, 0.29) is 24.5 Å². The van der Waals surface area contributed by atoms with E-state index in [1.54, 1.807) is 35.6 Å². The zero-order valence-electron chi connectivity index (χ0n) is 21.0. The highest BCUT2D eigenvalue weighted by Crippen LogP contribution is 2.36. The van der Waals surface area contributed by atoms with Gasteiger partial charge in [-0.1, -0.05) is 25.1 Å². The first kappa shape index (κ1) is 25.1. The molecule has 3 aromatic heterocycles. The van der Waals surface area contributed by atoms with Crippen LogP contribution in [0.3, 0.4) is 0 Å². The Bertz CT molecular complexity index is 1510. The summed E-state index contributed by atoms with van der Waals surface area (Å²) in [6, 6.07) is 10.6. The van der Waals surface area contributed by atoms with Gasteiger partial charge in [0.25, 0.3) is 5.91 Å². The van der Waals surface area contributed by atoms with Crippen LogP contribution in [0.4, 0.5) is 11.6 Å². The van der Waals surface area contributed by atoms with E-state index in [9.17, 15) is 9.59 Å². The van der Waals surface area contributed by atoms with Crippen molar-refractivity contribution in [2.24, 2.45) is 0 Å². The average molecular weight is 512 g/mol. The second-order valence-corrected chi connectivity index (χ2v) is 9.06. The number of pyridine rings is 1. The summed E-state index contributed by atoms with van der Waals surface area (Å²) in [5.41, 5.74) is 9.90. The molecule has 1 atom stereocenters. The Morgan fingerprint density at radius 1 is 1.18 bits per heavy atom. The van der Waals surface area contributed by atoms with Crippen LogP contribution in [0, 0.1) is 0 Å². The van der Waals surface area contributed by atoms with Crippen LogP contribution in [0.1, 0.15) is 47.6 Å². The summed E-state index contributed by atoms with van der Waals surface area (Å²) in [5.74, 6) is 1.09. The standard InChI is InChI=1S/C28H29N7O3/c1-2-18-11-12-30-22(17-18)32-28(38)20-9-7-19(8-10-20)24-25-26(29)31-13-15-35(25)27(33-24)21-5-3-14-34(21)23(37)6-4-16-36/h4,6-13,15,17,21,36H,2-3,5,14,16H2,1H3,(H2,29,31)(H,30,32,38)/b6-4+/t21-/m0/s1. The first-order chi connectivity index (χ1) is 18.5. The Morgan fingerprint density at radius 3 is 2.76 bits per heavy atom. The first-order valence-electron chi connectivity index (χ1n) is 12.6. The Labute approximate surface area is 219 Å². The number of nitrogens with two attached hydrogens (primary N) is 1. The lowest BCUT2D eigenvalue weighted by atomic mass is 10.1. The van der Waals surface area contributed by atoms with Crippen molar-refractivity contribution in [3.63, 3.8) is 0 Å². The minimum absolute atomic E-state index is 0.170. The molecule has 2 amide bonds. The molecule has 4 heterocycles. The SMILES string of the molecule is CCc1ccnc(NC(=O)c2ccc(-c3nc([C@@H]4CCCN4C(=O)/C=C/CO)n4ccnc(N)c34)cc2)c1. The number of nitrogen functional groups attached to an aromatic ring is 1. The van der Waals surface area contributed by atoms with Crippen LogP contribution in [0.2, 0.25) is 0 Å². The van der Waals surface area contributed by atoms with Gasteiger partial charge in [0.15, 0.2) is 0 Å². The number of nitrogens with one attached hydrogen (secondary N) is 1. The monoisotopic (exact) mass is 511 g/mol. The van der Waals surface area contributed by atoms with Crippen molar-refractivity contribution < 1.29 is 14.7 Å². The fraction of sp³-hybridized carbons (Fsp3) is 0.250. The van der Waals surface area contributed by atoms with E-state index in [0.29, 0.717) is 40.8 Å². The molecule has 1 fully saturated rings. The topological polar surface area (TPSA) is 139 Å². The number of carbonyl (C=O) groups is 2. The molecule has 0 saturated carbocycles. The number of amides is 2. The van der Waals surface area contributed by atoms with Crippen molar-refractivity contribution >= 4 is 29.0 Å². The molecule has 0 unspecified atom stereocenters. The summed E-state index contributed by atoms with van der Waals surface area (Å²) in [6.07, 6.45) is 10.4. The summed E-state index contributed by atoms with van der Waals surface area (Å²) in [6.45, 7) is 2.45. The Kier molecular flexibility index (Phi) is 7.14. The number of hydrogen-bond acceptors (Lipinski definition) is 7. The third kappa shape index (κ3) is 4.85. The van der Waals surface area contributed by atoms with Gasteiger partial charge in [0.2, 0.25) is 5.91 Å². The predicted molar refractivity (Wildman–Crippen MR) is 144 cm³/mol. The molecule has 4 aromatic rings. The van der Waals surface area contributed by atoms with Crippen molar-refractivity contribution in [3.05, 3.63) is 84.1 Å². The fourth-order valence-electron chi connectivity index (χ4n) is 4.80. The number of aliphatic hydroxyl groups is 1. The number of likely N-dealkylation sites (tertiary alicyclic amines) is 1. The third-order valence-electron chi connectivity index (χ3n) is 6.70. The zero-order valence-corrected chi connectivity index (χ0v) is 21.0. The number of aliphatic hydroxyl groups excluding tert-OH is 1. The van der Waals surface area contributed by atoms with Gasteiger partial charge in [-0.05, 0) is 49.1 Å². The molecule has 1 aliphatic rings. The van der Waals surface area contributed by atoms with Crippen LogP contribution in [0.15, 0.2) is 67.1 Å². The summed E-state index contributed by atoms with van der Waals surface area (Å²) >= 11 is 0. The second kappa shape index (κ2) is 10.8. The van der Waals surface area contributed by atoms with Gasteiger partial charge in [-0.3, -0.25) is 14.0 Å². The van der Waals surface area contributed by atoms with Gasteiger partial charge in [-0.2, -0.15) is 0 Å². The van der Waals surface area contributed by atoms with E-state index in [4.69, 9.17) is 15.8 Å². The van der Waals surface area contributed by atoms with Gasteiger partial charge in [0.05, 0.1) is 12.6 Å². The fourth-order valence-corrected chi connectivity index (χ4v) is 4.80. The molecule has 10 nitrogen and oxygen atoms in total. The van der Waals surface area contributed by atoms with E-state index in [1.807, 2.05) is 35.6 Å². The number of benzene rings is 1. The highest BCUT2D eigenvalue weighted by Gasteiger charge is 2.33. The maximum Gasteiger partial charge on any atom is 0.256 e. The average Bonchev–Trinajstić information content (AvgIpc) is 3.58. The van der Waals surface area contributed by atoms with Crippen molar-refractivity contribution in [2.75, 3.05) is 24.2 Å².